The van der Waals surface area contributed by atoms with E-state index in [-0.39, 0.29) is 11.4 Å². The molecule has 0 aromatic carbocycles. The normalized spacial score (nSPS) is 21.2. The van der Waals surface area contributed by atoms with Crippen molar-refractivity contribution in [3.05, 3.63) is 0 Å². The molecule has 0 saturated carbocycles. The van der Waals surface area contributed by atoms with Gasteiger partial charge in [-0.1, -0.05) is 26.7 Å². The van der Waals surface area contributed by atoms with Crippen LogP contribution in [-0.4, -0.2) is 16.5 Å². The molecule has 0 aromatic rings. The fourth-order valence-electron chi connectivity index (χ4n) is 2.39. The van der Waals surface area contributed by atoms with Crippen LogP contribution in [0.15, 0.2) is 0 Å². The second-order valence-corrected chi connectivity index (χ2v) is 3.99. The maximum atomic E-state index is 11.3. The molecular weight excluding hydrogens is 164 g/mol. The monoisotopic (exact) mass is 184 g/mol. The van der Waals surface area contributed by atoms with Crippen LogP contribution in [0.3, 0.4) is 0 Å². The van der Waals surface area contributed by atoms with Gasteiger partial charge in [0.25, 0.3) is 0 Å². The first-order valence-corrected chi connectivity index (χ1v) is 5.24. The van der Waals surface area contributed by atoms with Crippen LogP contribution in [-0.2, 0) is 4.79 Å². The van der Waals surface area contributed by atoms with Crippen molar-refractivity contribution in [2.24, 2.45) is 5.84 Å². The molecule has 1 aliphatic rings. The van der Waals surface area contributed by atoms with E-state index in [1.807, 2.05) is 0 Å². The van der Waals surface area contributed by atoms with E-state index in [0.717, 1.165) is 32.1 Å². The quantitative estimate of drug-likeness (QED) is 0.535. The van der Waals surface area contributed by atoms with Crippen molar-refractivity contribution >= 4 is 5.91 Å². The molecule has 0 atom stereocenters. The van der Waals surface area contributed by atoms with E-state index in [1.165, 1.54) is 5.01 Å². The molecule has 13 heavy (non-hydrogen) atoms. The fraction of sp³-hybridized carbons (Fsp3) is 0.900. The largest absolute Gasteiger partial charge is 0.275 e. The lowest BCUT2D eigenvalue weighted by atomic mass is 9.87. The molecule has 1 saturated heterocycles. The summed E-state index contributed by atoms with van der Waals surface area (Å²) in [6.45, 7) is 4.29. The third-order valence-electron chi connectivity index (χ3n) is 3.01. The summed E-state index contributed by atoms with van der Waals surface area (Å²) in [5, 5.41) is 1.50. The maximum absolute atomic E-state index is 11.3. The summed E-state index contributed by atoms with van der Waals surface area (Å²) >= 11 is 0. The van der Waals surface area contributed by atoms with Crippen molar-refractivity contribution in [1.82, 2.24) is 5.01 Å². The number of hydrazine groups is 1. The van der Waals surface area contributed by atoms with Crippen molar-refractivity contribution in [3.8, 4) is 0 Å². The van der Waals surface area contributed by atoms with Gasteiger partial charge in [-0.2, -0.15) is 0 Å². The summed E-state index contributed by atoms with van der Waals surface area (Å²) in [7, 11) is 0. The van der Waals surface area contributed by atoms with Gasteiger partial charge in [-0.25, -0.2) is 5.84 Å². The van der Waals surface area contributed by atoms with Gasteiger partial charge in [0.05, 0.1) is 5.54 Å². The number of carbonyl (C=O) groups is 1. The number of amides is 1. The predicted molar refractivity (Wildman–Crippen MR) is 52.8 cm³/mol. The minimum atomic E-state index is -0.0133. The Kier molecular flexibility index (Phi) is 3.31. The van der Waals surface area contributed by atoms with Crippen molar-refractivity contribution in [3.63, 3.8) is 0 Å². The predicted octanol–water partition coefficient (Wildman–Crippen LogP) is 1.82. The van der Waals surface area contributed by atoms with Crippen LogP contribution >= 0.6 is 0 Å². The summed E-state index contributed by atoms with van der Waals surface area (Å²) in [4.78, 5) is 11.3. The smallest absolute Gasteiger partial charge is 0.237 e. The van der Waals surface area contributed by atoms with Gasteiger partial charge in [-0.3, -0.25) is 9.80 Å². The number of carbonyl (C=O) groups excluding carboxylic acids is 1. The van der Waals surface area contributed by atoms with Crippen LogP contribution in [0.1, 0.15) is 52.4 Å². The molecule has 0 bridgehead atoms. The van der Waals surface area contributed by atoms with Crippen molar-refractivity contribution in [1.29, 1.82) is 0 Å². The highest BCUT2D eigenvalue weighted by atomic mass is 16.2. The number of nitrogens with zero attached hydrogens (tertiary/aromatic N) is 1. The van der Waals surface area contributed by atoms with E-state index < -0.39 is 0 Å². The van der Waals surface area contributed by atoms with Gasteiger partial charge in [0.15, 0.2) is 0 Å². The average molecular weight is 184 g/mol. The first kappa shape index (κ1) is 10.5. The standard InChI is InChI=1S/C10H20N2O/c1-3-6-10(7-4-2)8-5-9(13)12(10)11/h3-8,11H2,1-2H3. The van der Waals surface area contributed by atoms with Gasteiger partial charge in [-0.05, 0) is 19.3 Å². The Morgan fingerprint density at radius 1 is 1.38 bits per heavy atom. The first-order valence-electron chi connectivity index (χ1n) is 5.24. The zero-order valence-electron chi connectivity index (χ0n) is 8.68. The molecule has 76 valence electrons. The Hall–Kier alpha value is -0.570. The fourth-order valence-corrected chi connectivity index (χ4v) is 2.39. The molecule has 3 heteroatoms. The third-order valence-corrected chi connectivity index (χ3v) is 3.01. The Morgan fingerprint density at radius 3 is 2.23 bits per heavy atom. The van der Waals surface area contributed by atoms with Crippen LogP contribution < -0.4 is 5.84 Å². The molecule has 0 unspecified atom stereocenters. The van der Waals surface area contributed by atoms with Crippen LogP contribution in [0.2, 0.25) is 0 Å². The molecule has 0 spiro atoms. The number of nitrogens with two attached hydrogens (primary N) is 1. The van der Waals surface area contributed by atoms with E-state index in [0.29, 0.717) is 6.42 Å². The van der Waals surface area contributed by atoms with Crippen LogP contribution in [0.4, 0.5) is 0 Å². The highest BCUT2D eigenvalue weighted by molar-refractivity contribution is 5.78. The Balaban J connectivity index is 2.72. The lowest BCUT2D eigenvalue weighted by Crippen LogP contribution is -2.50. The average Bonchev–Trinajstić information content (AvgIpc) is 2.36. The van der Waals surface area contributed by atoms with Gasteiger partial charge < -0.3 is 0 Å². The highest BCUT2D eigenvalue weighted by Gasteiger charge is 2.42. The molecular formula is C10H20N2O. The molecule has 1 amide bonds. The van der Waals surface area contributed by atoms with Crippen molar-refractivity contribution in [2.45, 2.75) is 57.9 Å². The van der Waals surface area contributed by atoms with E-state index in [1.54, 1.807) is 0 Å². The van der Waals surface area contributed by atoms with Crippen LogP contribution in [0.5, 0.6) is 0 Å². The minimum Gasteiger partial charge on any atom is -0.275 e. The molecule has 3 nitrogen and oxygen atoms in total. The highest BCUT2D eigenvalue weighted by Crippen LogP contribution is 2.35. The van der Waals surface area contributed by atoms with Gasteiger partial charge >= 0.3 is 0 Å². The summed E-state index contributed by atoms with van der Waals surface area (Å²) in [6, 6.07) is 0. The Bertz CT molecular complexity index is 185. The first-order chi connectivity index (χ1) is 6.16. The van der Waals surface area contributed by atoms with Crippen LogP contribution in [0.25, 0.3) is 0 Å². The topological polar surface area (TPSA) is 46.3 Å². The second-order valence-electron chi connectivity index (χ2n) is 3.99. The van der Waals surface area contributed by atoms with Gasteiger partial charge in [-0.15, -0.1) is 0 Å². The lowest BCUT2D eigenvalue weighted by molar-refractivity contribution is -0.132. The minimum absolute atomic E-state index is 0.0133. The van der Waals surface area contributed by atoms with Crippen molar-refractivity contribution < 1.29 is 4.79 Å². The SMILES string of the molecule is CCCC1(CCC)CCC(=O)N1N. The maximum Gasteiger partial charge on any atom is 0.237 e. The number of rotatable bonds is 4. The number of hydrogen-bond donors (Lipinski definition) is 1. The molecule has 0 aromatic heterocycles. The van der Waals surface area contributed by atoms with Gasteiger partial charge in [0.2, 0.25) is 5.91 Å². The molecule has 1 fully saturated rings. The molecule has 1 rings (SSSR count). The molecule has 0 aliphatic carbocycles. The van der Waals surface area contributed by atoms with E-state index >= 15 is 0 Å². The van der Waals surface area contributed by atoms with Crippen molar-refractivity contribution in [2.75, 3.05) is 0 Å². The van der Waals surface area contributed by atoms with Crippen LogP contribution in [0, 0.1) is 0 Å². The molecule has 1 heterocycles. The molecule has 2 N–H and O–H groups in total. The van der Waals surface area contributed by atoms with E-state index in [2.05, 4.69) is 13.8 Å². The van der Waals surface area contributed by atoms with E-state index in [9.17, 15) is 4.79 Å². The Morgan fingerprint density at radius 2 is 1.92 bits per heavy atom. The summed E-state index contributed by atoms with van der Waals surface area (Å²) in [5.41, 5.74) is -0.0133. The number of hydrogen-bond acceptors (Lipinski definition) is 2. The summed E-state index contributed by atoms with van der Waals surface area (Å²) < 4.78 is 0. The van der Waals surface area contributed by atoms with E-state index in [4.69, 9.17) is 5.84 Å². The Labute approximate surface area is 80.2 Å². The zero-order valence-corrected chi connectivity index (χ0v) is 8.68. The third kappa shape index (κ3) is 1.85. The zero-order chi connectivity index (χ0) is 9.90. The summed E-state index contributed by atoms with van der Waals surface area (Å²) in [6.07, 6.45) is 5.87. The lowest BCUT2D eigenvalue weighted by Gasteiger charge is -2.35. The van der Waals surface area contributed by atoms with Gasteiger partial charge in [0.1, 0.15) is 0 Å². The second kappa shape index (κ2) is 4.09. The van der Waals surface area contributed by atoms with Gasteiger partial charge in [0, 0.05) is 6.42 Å². The molecule has 0 radical (unpaired) electrons. The summed E-state index contributed by atoms with van der Waals surface area (Å²) in [5.74, 6) is 5.93. The molecule has 1 aliphatic heterocycles.